The summed E-state index contributed by atoms with van der Waals surface area (Å²) in [4.78, 5) is -0.0378. The number of nitrogen functional groups attached to an aromatic ring is 1. The predicted octanol–water partition coefficient (Wildman–Crippen LogP) is 3.53. The van der Waals surface area contributed by atoms with Crippen LogP contribution in [0.15, 0.2) is 17.0 Å². The lowest BCUT2D eigenvalue weighted by atomic mass is 10.0. The first-order valence-electron chi connectivity index (χ1n) is 6.53. The van der Waals surface area contributed by atoms with Crippen LogP contribution in [0.4, 0.5) is 5.69 Å². The Morgan fingerprint density at radius 1 is 1.20 bits per heavy atom. The third-order valence-electron chi connectivity index (χ3n) is 3.69. The van der Waals surface area contributed by atoms with Crippen LogP contribution in [-0.2, 0) is 10.0 Å². The summed E-state index contributed by atoms with van der Waals surface area (Å²) in [5, 5.41) is 0.395. The van der Waals surface area contributed by atoms with Gasteiger partial charge in [0.1, 0.15) is 4.90 Å². The van der Waals surface area contributed by atoms with E-state index in [0.717, 1.165) is 19.3 Å². The average molecular weight is 337 g/mol. The van der Waals surface area contributed by atoms with Crippen molar-refractivity contribution in [3.8, 4) is 0 Å². The molecular formula is C13H18Cl2N2O2S. The summed E-state index contributed by atoms with van der Waals surface area (Å²) in [5.41, 5.74) is 5.92. The molecule has 1 aromatic carbocycles. The molecule has 0 saturated carbocycles. The Labute approximate surface area is 129 Å². The zero-order chi connectivity index (χ0) is 15.1. The van der Waals surface area contributed by atoms with Crippen LogP contribution in [0, 0.1) is 0 Å². The summed E-state index contributed by atoms with van der Waals surface area (Å²) >= 11 is 11.9. The van der Waals surface area contributed by atoms with Gasteiger partial charge in [0.2, 0.25) is 10.0 Å². The average Bonchev–Trinajstić information content (AvgIpc) is 2.25. The molecule has 0 spiro atoms. The van der Waals surface area contributed by atoms with Gasteiger partial charge < -0.3 is 5.73 Å². The van der Waals surface area contributed by atoms with E-state index in [9.17, 15) is 8.42 Å². The number of rotatable bonds is 2. The number of hydrogen-bond donors (Lipinski definition) is 1. The number of nitrogens with zero attached hydrogens (tertiary/aromatic N) is 1. The van der Waals surface area contributed by atoms with E-state index in [1.165, 1.54) is 16.4 Å². The summed E-state index contributed by atoms with van der Waals surface area (Å²) in [6.07, 6.45) is 2.71. The van der Waals surface area contributed by atoms with Crippen molar-refractivity contribution < 1.29 is 8.42 Å². The van der Waals surface area contributed by atoms with Crippen molar-refractivity contribution in [2.24, 2.45) is 0 Å². The van der Waals surface area contributed by atoms with Gasteiger partial charge in [0, 0.05) is 17.1 Å². The zero-order valence-electron chi connectivity index (χ0n) is 11.4. The minimum atomic E-state index is -3.72. The number of nitrogens with two attached hydrogens (primary N) is 1. The van der Waals surface area contributed by atoms with Gasteiger partial charge in [-0.05, 0) is 38.8 Å². The minimum Gasteiger partial charge on any atom is -0.398 e. The van der Waals surface area contributed by atoms with E-state index in [-0.39, 0.29) is 27.7 Å². The van der Waals surface area contributed by atoms with Crippen LogP contribution in [0.1, 0.15) is 33.1 Å². The summed E-state index contributed by atoms with van der Waals surface area (Å²) in [6.45, 7) is 3.82. The van der Waals surface area contributed by atoms with Gasteiger partial charge in [-0.25, -0.2) is 8.42 Å². The Morgan fingerprint density at radius 2 is 1.75 bits per heavy atom. The van der Waals surface area contributed by atoms with Gasteiger partial charge in [0.15, 0.2) is 0 Å². The van der Waals surface area contributed by atoms with E-state index in [0.29, 0.717) is 5.02 Å². The third kappa shape index (κ3) is 2.77. The topological polar surface area (TPSA) is 63.4 Å². The normalized spacial score (nSPS) is 24.8. The summed E-state index contributed by atoms with van der Waals surface area (Å²) in [6, 6.07) is 2.70. The van der Waals surface area contributed by atoms with Gasteiger partial charge in [0.25, 0.3) is 0 Å². The molecule has 1 saturated heterocycles. The molecule has 0 amide bonds. The van der Waals surface area contributed by atoms with Crippen molar-refractivity contribution in [2.45, 2.75) is 50.1 Å². The van der Waals surface area contributed by atoms with E-state index < -0.39 is 10.0 Å². The Morgan fingerprint density at radius 3 is 2.25 bits per heavy atom. The summed E-state index contributed by atoms with van der Waals surface area (Å²) in [7, 11) is -3.72. The SMILES string of the molecule is C[C@@H]1CCC[C@H](C)N1S(=O)(=O)c1c(N)cc(Cl)cc1Cl. The second-order valence-electron chi connectivity index (χ2n) is 5.27. The molecule has 2 atom stereocenters. The summed E-state index contributed by atoms with van der Waals surface area (Å²) in [5.74, 6) is 0. The van der Waals surface area contributed by atoms with Crippen molar-refractivity contribution in [3.05, 3.63) is 22.2 Å². The smallest absolute Gasteiger partial charge is 0.247 e. The van der Waals surface area contributed by atoms with Gasteiger partial charge in [-0.3, -0.25) is 0 Å². The molecule has 0 unspecified atom stereocenters. The second kappa shape index (κ2) is 5.72. The Bertz CT molecular complexity index is 586. The highest BCUT2D eigenvalue weighted by molar-refractivity contribution is 7.89. The number of piperidine rings is 1. The Hall–Kier alpha value is -0.490. The molecule has 7 heteroatoms. The number of hydrogen-bond acceptors (Lipinski definition) is 3. The van der Waals surface area contributed by atoms with Crippen molar-refractivity contribution in [3.63, 3.8) is 0 Å². The lowest BCUT2D eigenvalue weighted by Gasteiger charge is -2.38. The highest BCUT2D eigenvalue weighted by atomic mass is 35.5. The van der Waals surface area contributed by atoms with E-state index in [2.05, 4.69) is 0 Å². The first-order chi connectivity index (χ1) is 9.25. The van der Waals surface area contributed by atoms with E-state index in [1.54, 1.807) is 0 Å². The maximum absolute atomic E-state index is 12.9. The molecule has 112 valence electrons. The van der Waals surface area contributed by atoms with Crippen LogP contribution >= 0.6 is 23.2 Å². The largest absolute Gasteiger partial charge is 0.398 e. The van der Waals surface area contributed by atoms with E-state index >= 15 is 0 Å². The maximum atomic E-state index is 12.9. The van der Waals surface area contributed by atoms with Gasteiger partial charge in [0.05, 0.1) is 10.7 Å². The molecule has 1 aliphatic heterocycles. The van der Waals surface area contributed by atoms with Crippen LogP contribution in [0.2, 0.25) is 10.0 Å². The Balaban J connectivity index is 2.55. The molecule has 20 heavy (non-hydrogen) atoms. The van der Waals surface area contributed by atoms with Crippen molar-refractivity contribution >= 4 is 38.9 Å². The minimum absolute atomic E-state index is 0.0378. The molecular weight excluding hydrogens is 319 g/mol. The maximum Gasteiger partial charge on any atom is 0.247 e. The lowest BCUT2D eigenvalue weighted by Crippen LogP contribution is -2.47. The molecule has 1 aromatic rings. The van der Waals surface area contributed by atoms with E-state index in [1.807, 2.05) is 13.8 Å². The molecule has 0 aliphatic carbocycles. The van der Waals surface area contributed by atoms with Gasteiger partial charge >= 0.3 is 0 Å². The number of sulfonamides is 1. The van der Waals surface area contributed by atoms with Gasteiger partial charge in [-0.1, -0.05) is 29.6 Å². The fraction of sp³-hybridized carbons (Fsp3) is 0.538. The molecule has 1 heterocycles. The molecule has 0 radical (unpaired) electrons. The second-order valence-corrected chi connectivity index (χ2v) is 7.89. The standard InChI is InChI=1S/C13H18Cl2N2O2S/c1-8-4-3-5-9(2)17(8)20(18,19)13-11(15)6-10(14)7-12(13)16/h6-9H,3-5,16H2,1-2H3/t8-,9+. The Kier molecular flexibility index (Phi) is 4.54. The van der Waals surface area contributed by atoms with Crippen LogP contribution in [0.25, 0.3) is 0 Å². The summed E-state index contributed by atoms with van der Waals surface area (Å²) < 4.78 is 27.3. The predicted molar refractivity (Wildman–Crippen MR) is 82.7 cm³/mol. The molecule has 2 N–H and O–H groups in total. The third-order valence-corrected chi connectivity index (χ3v) is 6.56. The van der Waals surface area contributed by atoms with E-state index in [4.69, 9.17) is 28.9 Å². The lowest BCUT2D eigenvalue weighted by molar-refractivity contribution is 0.204. The van der Waals surface area contributed by atoms with Crippen LogP contribution in [-0.4, -0.2) is 24.8 Å². The monoisotopic (exact) mass is 336 g/mol. The van der Waals surface area contributed by atoms with Crippen LogP contribution in [0.3, 0.4) is 0 Å². The van der Waals surface area contributed by atoms with Crippen molar-refractivity contribution in [1.82, 2.24) is 4.31 Å². The molecule has 1 aliphatic rings. The highest BCUT2D eigenvalue weighted by Gasteiger charge is 2.37. The fourth-order valence-electron chi connectivity index (χ4n) is 2.83. The van der Waals surface area contributed by atoms with Crippen molar-refractivity contribution in [1.29, 1.82) is 0 Å². The number of benzene rings is 1. The first kappa shape index (κ1) is 15.9. The molecule has 0 bridgehead atoms. The fourth-order valence-corrected chi connectivity index (χ4v) is 5.66. The quantitative estimate of drug-likeness (QED) is 0.840. The number of anilines is 1. The molecule has 4 nitrogen and oxygen atoms in total. The van der Waals surface area contributed by atoms with Gasteiger partial charge in [-0.15, -0.1) is 0 Å². The first-order valence-corrected chi connectivity index (χ1v) is 8.72. The van der Waals surface area contributed by atoms with Gasteiger partial charge in [-0.2, -0.15) is 4.31 Å². The van der Waals surface area contributed by atoms with Crippen molar-refractivity contribution in [2.75, 3.05) is 5.73 Å². The highest BCUT2D eigenvalue weighted by Crippen LogP contribution is 2.37. The van der Waals surface area contributed by atoms with Crippen LogP contribution < -0.4 is 5.73 Å². The van der Waals surface area contributed by atoms with Crippen LogP contribution in [0.5, 0.6) is 0 Å². The number of halogens is 2. The zero-order valence-corrected chi connectivity index (χ0v) is 13.8. The molecule has 2 rings (SSSR count). The molecule has 1 fully saturated rings. The molecule has 0 aromatic heterocycles.